The maximum atomic E-state index is 13.6. The average Bonchev–Trinajstić information content (AvgIpc) is 3.94. The molecule has 0 aliphatic carbocycles. The summed E-state index contributed by atoms with van der Waals surface area (Å²) in [7, 11) is 1.30. The number of fused-ring (bicyclic) bond motifs is 1. The number of hydrogen-bond donors (Lipinski definition) is 2. The highest BCUT2D eigenvalue weighted by Crippen LogP contribution is 2.34. The van der Waals surface area contributed by atoms with E-state index in [-0.39, 0.29) is 35.7 Å². The minimum Gasteiger partial charge on any atom is -0.453 e. The van der Waals surface area contributed by atoms with Crippen molar-refractivity contribution in [3.05, 3.63) is 70.7 Å². The zero-order valence-electron chi connectivity index (χ0n) is 30.9. The van der Waals surface area contributed by atoms with Crippen molar-refractivity contribution in [3.8, 4) is 11.8 Å². The van der Waals surface area contributed by atoms with Crippen LogP contribution >= 0.6 is 0 Å². The number of carbonyl (C=O) groups excluding carboxylic acids is 3. The summed E-state index contributed by atoms with van der Waals surface area (Å²) in [5.41, 5.74) is 7.91. The standard InChI is InChI=1S/C41H50N6O4/c1-24(2)27(6)39(48)46-18-8-10-35(46)34-22-31(23-42-34)29-15-12-28(13-16-29)14-17-30-21-33-32(20-26(30)5)43-38(44-33)36-11-9-19-47(36)40(49)37(25(3)4)45-41(50)51-7/h12-13,15-16,20-21,23-25,27,35-37H,8-11,18-19,22H2,1-7H3,(H,43,44)(H,45,50)/t27-,35-,36-,37-/m0/s1. The van der Waals surface area contributed by atoms with Crippen LogP contribution in [0.2, 0.25) is 0 Å². The van der Waals surface area contributed by atoms with Crippen LogP contribution < -0.4 is 5.32 Å². The Hall–Kier alpha value is -4.91. The van der Waals surface area contributed by atoms with Gasteiger partial charge in [0.15, 0.2) is 0 Å². The van der Waals surface area contributed by atoms with E-state index in [0.29, 0.717) is 12.5 Å². The number of benzene rings is 2. The fraction of sp³-hybridized carbons (Fsp3) is 0.488. The number of imidazole rings is 1. The number of carbonyl (C=O) groups is 3. The molecule has 2 aromatic carbocycles. The second-order valence-corrected chi connectivity index (χ2v) is 14.9. The second kappa shape index (κ2) is 15.1. The van der Waals surface area contributed by atoms with Crippen molar-refractivity contribution in [3.63, 3.8) is 0 Å². The molecular weight excluding hydrogens is 640 g/mol. The van der Waals surface area contributed by atoms with Crippen LogP contribution in [-0.2, 0) is 14.3 Å². The molecule has 4 heterocycles. The van der Waals surface area contributed by atoms with Crippen molar-refractivity contribution in [1.29, 1.82) is 0 Å². The number of rotatable bonds is 8. The molecule has 2 saturated heterocycles. The fourth-order valence-corrected chi connectivity index (χ4v) is 7.33. The molecule has 3 aromatic rings. The number of ether oxygens (including phenoxy) is 1. The van der Waals surface area contributed by atoms with Crippen LogP contribution in [-0.4, -0.2) is 75.7 Å². The van der Waals surface area contributed by atoms with Gasteiger partial charge in [-0.15, -0.1) is 0 Å². The Kier molecular flexibility index (Phi) is 10.7. The summed E-state index contributed by atoms with van der Waals surface area (Å²) in [5.74, 6) is 7.76. The summed E-state index contributed by atoms with van der Waals surface area (Å²) >= 11 is 0. The maximum absolute atomic E-state index is 13.6. The Morgan fingerprint density at radius 1 is 0.922 bits per heavy atom. The number of aromatic amines is 1. The van der Waals surface area contributed by atoms with Gasteiger partial charge in [-0.2, -0.15) is 0 Å². The number of likely N-dealkylation sites (tertiary alicyclic amines) is 2. The normalized spacial score (nSPS) is 19.9. The quantitative estimate of drug-likeness (QED) is 0.253. The maximum Gasteiger partial charge on any atom is 0.407 e. The molecule has 0 saturated carbocycles. The average molecular weight is 691 g/mol. The van der Waals surface area contributed by atoms with Gasteiger partial charge in [-0.05, 0) is 85.4 Å². The molecule has 2 N–H and O–H groups in total. The van der Waals surface area contributed by atoms with Crippen LogP contribution in [0.5, 0.6) is 0 Å². The van der Waals surface area contributed by atoms with Crippen molar-refractivity contribution in [1.82, 2.24) is 25.1 Å². The van der Waals surface area contributed by atoms with Crippen molar-refractivity contribution in [2.75, 3.05) is 20.2 Å². The lowest BCUT2D eigenvalue weighted by Crippen LogP contribution is -2.51. The summed E-state index contributed by atoms with van der Waals surface area (Å²) in [6, 6.07) is 11.6. The molecule has 3 amide bonds. The van der Waals surface area contributed by atoms with Gasteiger partial charge in [0.25, 0.3) is 0 Å². The highest BCUT2D eigenvalue weighted by atomic mass is 16.5. The summed E-state index contributed by atoms with van der Waals surface area (Å²) in [6.07, 6.45) is 5.74. The van der Waals surface area contributed by atoms with E-state index >= 15 is 0 Å². The van der Waals surface area contributed by atoms with E-state index in [2.05, 4.69) is 59.1 Å². The summed E-state index contributed by atoms with van der Waals surface area (Å²) < 4.78 is 4.76. The molecule has 51 heavy (non-hydrogen) atoms. The smallest absolute Gasteiger partial charge is 0.407 e. The minimum atomic E-state index is -0.681. The highest BCUT2D eigenvalue weighted by molar-refractivity contribution is 6.03. The number of aryl methyl sites for hydroxylation is 1. The van der Waals surface area contributed by atoms with Gasteiger partial charge < -0.3 is 24.8 Å². The third kappa shape index (κ3) is 7.58. The molecule has 3 aliphatic rings. The first-order chi connectivity index (χ1) is 24.4. The lowest BCUT2D eigenvalue weighted by molar-refractivity contribution is -0.136. The number of nitrogens with one attached hydrogen (secondary N) is 2. The number of amides is 3. The SMILES string of the molecule is COC(=O)N[C@H](C(=O)N1CCC[C@H]1c1nc2cc(C#Cc3ccc(C4=CN=C([C@@H]5CCCN5C(=O)[C@@H](C)C(C)C)C4)cc3)c(C)cc2[nH]1)C(C)C. The first-order valence-electron chi connectivity index (χ1n) is 18.3. The van der Waals surface area contributed by atoms with E-state index in [9.17, 15) is 14.4 Å². The third-order valence-electron chi connectivity index (χ3n) is 10.8. The van der Waals surface area contributed by atoms with Crippen LogP contribution in [0.4, 0.5) is 4.79 Å². The van der Waals surface area contributed by atoms with Gasteiger partial charge in [-0.3, -0.25) is 14.6 Å². The first-order valence-corrected chi connectivity index (χ1v) is 18.3. The number of nitrogens with zero attached hydrogens (tertiary/aromatic N) is 4. The van der Waals surface area contributed by atoms with E-state index < -0.39 is 12.1 Å². The Morgan fingerprint density at radius 3 is 2.27 bits per heavy atom. The lowest BCUT2D eigenvalue weighted by Gasteiger charge is -2.29. The van der Waals surface area contributed by atoms with Crippen molar-refractivity contribution in [2.45, 2.75) is 91.8 Å². The van der Waals surface area contributed by atoms with Crippen molar-refractivity contribution in [2.24, 2.45) is 22.7 Å². The van der Waals surface area contributed by atoms with E-state index in [1.54, 1.807) is 0 Å². The van der Waals surface area contributed by atoms with Gasteiger partial charge in [-0.25, -0.2) is 9.78 Å². The number of alkyl carbamates (subject to hydrolysis) is 1. The number of aromatic nitrogens is 2. The molecule has 0 radical (unpaired) electrons. The Morgan fingerprint density at radius 2 is 1.61 bits per heavy atom. The lowest BCUT2D eigenvalue weighted by atomic mass is 9.94. The van der Waals surface area contributed by atoms with E-state index in [1.807, 2.05) is 57.0 Å². The molecule has 0 spiro atoms. The van der Waals surface area contributed by atoms with Crippen LogP contribution in [0.1, 0.15) is 101 Å². The van der Waals surface area contributed by atoms with Gasteiger partial charge >= 0.3 is 6.09 Å². The minimum absolute atomic E-state index is 0.0122. The van der Waals surface area contributed by atoms with Crippen LogP contribution in [0, 0.1) is 36.5 Å². The number of H-pyrrole nitrogens is 1. The predicted octanol–water partition coefficient (Wildman–Crippen LogP) is 6.78. The molecule has 6 rings (SSSR count). The summed E-state index contributed by atoms with van der Waals surface area (Å²) in [4.78, 5) is 55.7. The van der Waals surface area contributed by atoms with Crippen LogP contribution in [0.25, 0.3) is 16.6 Å². The zero-order chi connectivity index (χ0) is 36.4. The zero-order valence-corrected chi connectivity index (χ0v) is 30.9. The first kappa shape index (κ1) is 35.9. The highest BCUT2D eigenvalue weighted by Gasteiger charge is 2.38. The van der Waals surface area contributed by atoms with Gasteiger partial charge in [0, 0.05) is 48.5 Å². The van der Waals surface area contributed by atoms with Crippen molar-refractivity contribution >= 4 is 40.2 Å². The number of allylic oxidation sites excluding steroid dienone is 1. The molecule has 4 atom stereocenters. The Labute approximate surface area is 301 Å². The summed E-state index contributed by atoms with van der Waals surface area (Å²) in [6.45, 7) is 13.5. The van der Waals surface area contributed by atoms with E-state index in [1.165, 1.54) is 12.7 Å². The third-order valence-corrected chi connectivity index (χ3v) is 10.8. The van der Waals surface area contributed by atoms with Gasteiger partial charge in [-0.1, -0.05) is 58.6 Å². The molecule has 0 bridgehead atoms. The number of methoxy groups -OCH3 is 1. The second-order valence-electron chi connectivity index (χ2n) is 14.9. The number of aliphatic imine (C=N–C) groups is 1. The van der Waals surface area contributed by atoms with Gasteiger partial charge in [0.05, 0.1) is 30.2 Å². The molecule has 0 unspecified atom stereocenters. The largest absolute Gasteiger partial charge is 0.453 e. The topological polar surface area (TPSA) is 120 Å². The van der Waals surface area contributed by atoms with E-state index in [0.717, 1.165) is 83.5 Å². The fourth-order valence-electron chi connectivity index (χ4n) is 7.33. The monoisotopic (exact) mass is 690 g/mol. The summed E-state index contributed by atoms with van der Waals surface area (Å²) in [5, 5.41) is 2.71. The molecular formula is C41H50N6O4. The molecule has 268 valence electrons. The van der Waals surface area contributed by atoms with Gasteiger partial charge in [0.2, 0.25) is 11.8 Å². The van der Waals surface area contributed by atoms with Crippen LogP contribution in [0.15, 0.2) is 47.6 Å². The van der Waals surface area contributed by atoms with Crippen molar-refractivity contribution < 1.29 is 19.1 Å². The molecule has 3 aliphatic heterocycles. The van der Waals surface area contributed by atoms with Crippen LogP contribution in [0.3, 0.4) is 0 Å². The molecule has 1 aromatic heterocycles. The molecule has 2 fully saturated rings. The predicted molar refractivity (Wildman–Crippen MR) is 200 cm³/mol. The Balaban J connectivity index is 1.12. The van der Waals surface area contributed by atoms with Gasteiger partial charge in [0.1, 0.15) is 11.9 Å². The number of hydrogen-bond acceptors (Lipinski definition) is 6. The molecule has 10 nitrogen and oxygen atoms in total. The van der Waals surface area contributed by atoms with E-state index in [4.69, 9.17) is 14.7 Å². The molecule has 10 heteroatoms. The Bertz CT molecular complexity index is 1930.